The summed E-state index contributed by atoms with van der Waals surface area (Å²) in [5.74, 6) is -0.486. The molecule has 2 aromatic carbocycles. The number of aromatic carboxylic acids is 1. The highest BCUT2D eigenvalue weighted by Gasteiger charge is 2.20. The maximum atomic E-state index is 12.2. The normalized spacial score (nSPS) is 12.0. The monoisotopic (exact) mass is 333 g/mol. The first-order chi connectivity index (χ1) is 11.1. The van der Waals surface area contributed by atoms with Crippen molar-refractivity contribution in [1.29, 1.82) is 0 Å². The van der Waals surface area contributed by atoms with Gasteiger partial charge in [-0.3, -0.25) is 4.79 Å². The molecule has 2 N–H and O–H groups in total. The van der Waals surface area contributed by atoms with E-state index in [9.17, 15) is 14.7 Å². The van der Waals surface area contributed by atoms with E-state index in [2.05, 4.69) is 5.32 Å². The van der Waals surface area contributed by atoms with Gasteiger partial charge >= 0.3 is 5.97 Å². The van der Waals surface area contributed by atoms with Gasteiger partial charge in [0.2, 0.25) is 6.79 Å². The van der Waals surface area contributed by atoms with E-state index >= 15 is 0 Å². The van der Waals surface area contributed by atoms with E-state index < -0.39 is 11.9 Å². The first-order valence-electron chi connectivity index (χ1n) is 6.75. The van der Waals surface area contributed by atoms with Crippen LogP contribution in [0.2, 0.25) is 5.02 Å². The highest BCUT2D eigenvalue weighted by atomic mass is 35.5. The van der Waals surface area contributed by atoms with Crippen LogP contribution in [0.15, 0.2) is 36.4 Å². The number of carbonyl (C=O) groups is 2. The molecule has 0 aromatic heterocycles. The summed E-state index contributed by atoms with van der Waals surface area (Å²) in [5.41, 5.74) is 0.615. The molecule has 0 radical (unpaired) electrons. The minimum atomic E-state index is -1.25. The van der Waals surface area contributed by atoms with Crippen LogP contribution in [0.25, 0.3) is 0 Å². The van der Waals surface area contributed by atoms with Crippen molar-refractivity contribution in [2.24, 2.45) is 0 Å². The Morgan fingerprint density at radius 3 is 2.74 bits per heavy atom. The Kier molecular flexibility index (Phi) is 4.08. The van der Waals surface area contributed by atoms with Gasteiger partial charge in [-0.05, 0) is 29.8 Å². The van der Waals surface area contributed by atoms with Crippen molar-refractivity contribution in [3.63, 3.8) is 0 Å². The summed E-state index contributed by atoms with van der Waals surface area (Å²) in [6.07, 6.45) is 0. The van der Waals surface area contributed by atoms with Crippen LogP contribution < -0.4 is 14.8 Å². The first kappa shape index (κ1) is 15.2. The van der Waals surface area contributed by atoms with Crippen LogP contribution in [0.5, 0.6) is 11.5 Å². The molecule has 3 rings (SSSR count). The summed E-state index contributed by atoms with van der Waals surface area (Å²) in [4.78, 5) is 23.5. The van der Waals surface area contributed by atoms with E-state index in [1.165, 1.54) is 18.2 Å². The highest BCUT2D eigenvalue weighted by molar-refractivity contribution is 6.34. The van der Waals surface area contributed by atoms with Gasteiger partial charge in [0.1, 0.15) is 0 Å². The van der Waals surface area contributed by atoms with Gasteiger partial charge < -0.3 is 19.9 Å². The van der Waals surface area contributed by atoms with Gasteiger partial charge in [-0.1, -0.05) is 23.7 Å². The Morgan fingerprint density at radius 2 is 1.96 bits per heavy atom. The van der Waals surface area contributed by atoms with Crippen molar-refractivity contribution in [3.8, 4) is 11.5 Å². The molecule has 1 aliphatic rings. The number of benzene rings is 2. The zero-order valence-electron chi connectivity index (χ0n) is 11.8. The molecule has 0 atom stereocenters. The van der Waals surface area contributed by atoms with E-state index in [1.54, 1.807) is 18.2 Å². The minimum absolute atomic E-state index is 0.0192. The Balaban J connectivity index is 1.75. The standard InChI is InChI=1S/C16H12ClNO5/c17-11-3-1-2-10(14(11)16(20)21)15(19)18-7-9-4-5-12-13(6-9)23-8-22-12/h1-6H,7-8H2,(H,18,19)(H,20,21). The van der Waals surface area contributed by atoms with Crippen LogP contribution in [0.3, 0.4) is 0 Å². The van der Waals surface area contributed by atoms with Crippen LogP contribution in [0.1, 0.15) is 26.3 Å². The lowest BCUT2D eigenvalue weighted by Gasteiger charge is -2.09. The Morgan fingerprint density at radius 1 is 1.17 bits per heavy atom. The van der Waals surface area contributed by atoms with Gasteiger partial charge in [-0.2, -0.15) is 0 Å². The average Bonchev–Trinajstić information content (AvgIpc) is 2.99. The molecule has 0 spiro atoms. The van der Waals surface area contributed by atoms with Crippen molar-refractivity contribution in [2.45, 2.75) is 6.54 Å². The van der Waals surface area contributed by atoms with Gasteiger partial charge in [0, 0.05) is 6.54 Å². The van der Waals surface area contributed by atoms with Crippen LogP contribution in [0, 0.1) is 0 Å². The van der Waals surface area contributed by atoms with E-state index in [1.807, 2.05) is 0 Å². The third-order valence-corrected chi connectivity index (χ3v) is 3.68. The SMILES string of the molecule is O=C(NCc1ccc2c(c1)OCO2)c1cccc(Cl)c1C(=O)O. The molecule has 0 bridgehead atoms. The molecule has 1 amide bonds. The van der Waals surface area contributed by atoms with Crippen molar-refractivity contribution in [1.82, 2.24) is 5.32 Å². The summed E-state index contributed by atoms with van der Waals surface area (Å²) in [6.45, 7) is 0.399. The van der Waals surface area contributed by atoms with Gasteiger partial charge in [0.25, 0.3) is 5.91 Å². The molecule has 118 valence electrons. The molecular weight excluding hydrogens is 322 g/mol. The maximum Gasteiger partial charge on any atom is 0.338 e. The number of carboxylic acids is 1. The molecule has 1 heterocycles. The van der Waals surface area contributed by atoms with Crippen LogP contribution in [-0.4, -0.2) is 23.8 Å². The number of carbonyl (C=O) groups excluding carboxylic acids is 1. The van der Waals surface area contributed by atoms with Gasteiger partial charge in [0.05, 0.1) is 16.1 Å². The number of carboxylic acid groups (broad SMARTS) is 1. The van der Waals surface area contributed by atoms with Gasteiger partial charge in [-0.15, -0.1) is 0 Å². The largest absolute Gasteiger partial charge is 0.478 e. The first-order valence-corrected chi connectivity index (χ1v) is 7.12. The topological polar surface area (TPSA) is 84.9 Å². The van der Waals surface area contributed by atoms with E-state index in [-0.39, 0.29) is 29.5 Å². The lowest BCUT2D eigenvalue weighted by molar-refractivity contribution is 0.0691. The molecule has 2 aromatic rings. The van der Waals surface area contributed by atoms with Gasteiger partial charge in [-0.25, -0.2) is 4.79 Å². The van der Waals surface area contributed by atoms with E-state index in [4.69, 9.17) is 21.1 Å². The molecular formula is C16H12ClNO5. The third-order valence-electron chi connectivity index (χ3n) is 3.36. The summed E-state index contributed by atoms with van der Waals surface area (Å²) in [6, 6.07) is 9.70. The van der Waals surface area contributed by atoms with E-state index in [0.717, 1.165) is 5.56 Å². The maximum absolute atomic E-state index is 12.2. The molecule has 0 saturated heterocycles. The molecule has 23 heavy (non-hydrogen) atoms. The summed E-state index contributed by atoms with van der Waals surface area (Å²) >= 11 is 5.86. The second kappa shape index (κ2) is 6.18. The van der Waals surface area contributed by atoms with E-state index in [0.29, 0.717) is 11.5 Å². The lowest BCUT2D eigenvalue weighted by Crippen LogP contribution is -2.25. The number of hydrogen-bond donors (Lipinski definition) is 2. The second-order valence-electron chi connectivity index (χ2n) is 4.84. The molecule has 1 aliphatic heterocycles. The quantitative estimate of drug-likeness (QED) is 0.898. The predicted molar refractivity (Wildman–Crippen MR) is 82.1 cm³/mol. The van der Waals surface area contributed by atoms with Crippen molar-refractivity contribution in [3.05, 3.63) is 58.1 Å². The third kappa shape index (κ3) is 3.07. The van der Waals surface area contributed by atoms with Crippen LogP contribution in [0.4, 0.5) is 0 Å². The van der Waals surface area contributed by atoms with Crippen LogP contribution >= 0.6 is 11.6 Å². The zero-order valence-corrected chi connectivity index (χ0v) is 12.6. The molecule has 0 fully saturated rings. The lowest BCUT2D eigenvalue weighted by atomic mass is 10.1. The number of hydrogen-bond acceptors (Lipinski definition) is 4. The Labute approximate surface area is 136 Å². The summed E-state index contributed by atoms with van der Waals surface area (Å²) < 4.78 is 10.5. The van der Waals surface area contributed by atoms with Crippen molar-refractivity contribution >= 4 is 23.5 Å². The van der Waals surface area contributed by atoms with Crippen molar-refractivity contribution < 1.29 is 24.2 Å². The molecule has 0 aliphatic carbocycles. The fourth-order valence-electron chi connectivity index (χ4n) is 2.26. The number of amides is 1. The smallest absolute Gasteiger partial charge is 0.338 e. The number of nitrogens with one attached hydrogen (secondary N) is 1. The van der Waals surface area contributed by atoms with Gasteiger partial charge in [0.15, 0.2) is 11.5 Å². The van der Waals surface area contributed by atoms with Crippen molar-refractivity contribution in [2.75, 3.05) is 6.79 Å². The molecule has 0 unspecified atom stereocenters. The fourth-order valence-corrected chi connectivity index (χ4v) is 2.51. The number of halogens is 1. The fraction of sp³-hybridized carbons (Fsp3) is 0.125. The second-order valence-corrected chi connectivity index (χ2v) is 5.25. The number of ether oxygens (including phenoxy) is 2. The molecule has 7 heteroatoms. The number of rotatable bonds is 4. The predicted octanol–water partition coefficient (Wildman–Crippen LogP) is 2.70. The van der Waals surface area contributed by atoms with Crippen LogP contribution in [-0.2, 0) is 6.54 Å². The Hall–Kier alpha value is -2.73. The average molecular weight is 334 g/mol. The summed E-state index contributed by atoms with van der Waals surface area (Å²) in [5, 5.41) is 11.9. The molecule has 6 nitrogen and oxygen atoms in total. The number of fused-ring (bicyclic) bond motifs is 1. The Bertz CT molecular complexity index is 790. The summed E-state index contributed by atoms with van der Waals surface area (Å²) in [7, 11) is 0. The zero-order chi connectivity index (χ0) is 16.4. The highest BCUT2D eigenvalue weighted by Crippen LogP contribution is 2.32. The minimum Gasteiger partial charge on any atom is -0.478 e. The molecule has 0 saturated carbocycles.